The standard InChI is InChI=1S/C20H21N3O3S.ClH/c1-27(24,25)26-15-8-6-14(7-9-15)16-10-12-22-18-5-3-2-4-17(18)19-21-11-13-23(19)20(16)22;/h2-9,16,20H,10-13H2,1H3;1H. The number of benzene rings is 2. The summed E-state index contributed by atoms with van der Waals surface area (Å²) < 4.78 is 27.6. The first-order valence-corrected chi connectivity index (χ1v) is 11.0. The van der Waals surface area contributed by atoms with Crippen molar-refractivity contribution in [1.82, 2.24) is 4.90 Å². The van der Waals surface area contributed by atoms with Crippen LogP contribution in [-0.4, -0.2) is 51.2 Å². The van der Waals surface area contributed by atoms with Gasteiger partial charge in [0.05, 0.1) is 12.8 Å². The monoisotopic (exact) mass is 419 g/mol. The zero-order valence-corrected chi connectivity index (χ0v) is 17.1. The third-order valence-corrected chi connectivity index (χ3v) is 6.06. The van der Waals surface area contributed by atoms with E-state index < -0.39 is 10.1 Å². The van der Waals surface area contributed by atoms with Crippen molar-refractivity contribution in [3.8, 4) is 5.75 Å². The van der Waals surface area contributed by atoms with E-state index in [4.69, 9.17) is 9.18 Å². The number of fused-ring (bicyclic) bond motifs is 6. The summed E-state index contributed by atoms with van der Waals surface area (Å²) in [6.45, 7) is 2.77. The zero-order valence-electron chi connectivity index (χ0n) is 15.5. The Kier molecular flexibility index (Phi) is 4.75. The van der Waals surface area contributed by atoms with Crippen LogP contribution in [-0.2, 0) is 10.1 Å². The second kappa shape index (κ2) is 6.97. The van der Waals surface area contributed by atoms with E-state index in [2.05, 4.69) is 34.1 Å². The number of para-hydroxylation sites is 1. The second-order valence-electron chi connectivity index (χ2n) is 7.27. The molecule has 5 rings (SSSR count). The largest absolute Gasteiger partial charge is 0.383 e. The number of hydrogen-bond acceptors (Lipinski definition) is 6. The molecular formula is C20H22ClN3O3S. The summed E-state index contributed by atoms with van der Waals surface area (Å²) in [4.78, 5) is 9.69. The molecule has 28 heavy (non-hydrogen) atoms. The first kappa shape index (κ1) is 19.1. The van der Waals surface area contributed by atoms with Gasteiger partial charge in [-0.1, -0.05) is 24.3 Å². The number of anilines is 1. The fraction of sp³-hybridized carbons (Fsp3) is 0.350. The van der Waals surface area contributed by atoms with Gasteiger partial charge in [-0.2, -0.15) is 8.42 Å². The molecule has 2 aromatic carbocycles. The molecule has 0 aromatic heterocycles. The summed E-state index contributed by atoms with van der Waals surface area (Å²) in [7, 11) is -3.51. The van der Waals surface area contributed by atoms with Crippen LogP contribution in [0, 0.1) is 0 Å². The van der Waals surface area contributed by atoms with Crippen LogP contribution in [0.3, 0.4) is 0 Å². The Labute approximate surface area is 171 Å². The molecule has 0 N–H and O–H groups in total. The molecule has 0 bridgehead atoms. The lowest BCUT2D eigenvalue weighted by atomic mass is 9.93. The second-order valence-corrected chi connectivity index (χ2v) is 8.85. The Bertz CT molecular complexity index is 1020. The molecular weight excluding hydrogens is 398 g/mol. The Balaban J connectivity index is 0.00000192. The van der Waals surface area contributed by atoms with Crippen LogP contribution in [0.5, 0.6) is 5.75 Å². The van der Waals surface area contributed by atoms with Crippen LogP contribution in [0.1, 0.15) is 23.5 Å². The van der Waals surface area contributed by atoms with Crippen LogP contribution >= 0.6 is 12.4 Å². The van der Waals surface area contributed by atoms with Crippen molar-refractivity contribution < 1.29 is 12.6 Å². The normalized spacial score (nSPS) is 22.7. The van der Waals surface area contributed by atoms with E-state index in [1.54, 1.807) is 12.1 Å². The minimum absolute atomic E-state index is 0. The van der Waals surface area contributed by atoms with Gasteiger partial charge in [-0.3, -0.25) is 4.99 Å². The van der Waals surface area contributed by atoms with Crippen LogP contribution in [0.2, 0.25) is 0 Å². The molecule has 2 atom stereocenters. The van der Waals surface area contributed by atoms with Crippen LogP contribution < -0.4 is 9.08 Å². The van der Waals surface area contributed by atoms with Crippen molar-refractivity contribution in [3.63, 3.8) is 0 Å². The van der Waals surface area contributed by atoms with E-state index >= 15 is 0 Å². The van der Waals surface area contributed by atoms with Crippen molar-refractivity contribution in [2.45, 2.75) is 18.5 Å². The zero-order chi connectivity index (χ0) is 18.6. The number of aliphatic imine (C=N–C) groups is 1. The van der Waals surface area contributed by atoms with Gasteiger partial charge in [-0.15, -0.1) is 12.4 Å². The van der Waals surface area contributed by atoms with E-state index in [9.17, 15) is 8.42 Å². The highest BCUT2D eigenvalue weighted by Gasteiger charge is 2.46. The Morgan fingerprint density at radius 3 is 2.54 bits per heavy atom. The lowest BCUT2D eigenvalue weighted by Crippen LogP contribution is -2.53. The van der Waals surface area contributed by atoms with Gasteiger partial charge in [0.25, 0.3) is 0 Å². The number of halogens is 1. The topological polar surface area (TPSA) is 62.2 Å². The third-order valence-electron chi connectivity index (χ3n) is 5.56. The molecule has 0 spiro atoms. The van der Waals surface area contributed by atoms with Crippen LogP contribution in [0.15, 0.2) is 53.5 Å². The summed E-state index contributed by atoms with van der Waals surface area (Å²) in [6, 6.07) is 16.0. The number of hydrogen-bond donors (Lipinski definition) is 0. The van der Waals surface area contributed by atoms with Gasteiger partial charge in [0.15, 0.2) is 0 Å². The van der Waals surface area contributed by atoms with Gasteiger partial charge in [0, 0.05) is 30.3 Å². The molecule has 148 valence electrons. The number of amidine groups is 1. The van der Waals surface area contributed by atoms with E-state index in [1.807, 2.05) is 12.1 Å². The molecule has 6 nitrogen and oxygen atoms in total. The molecule has 3 aliphatic rings. The molecule has 1 fully saturated rings. The van der Waals surface area contributed by atoms with Gasteiger partial charge < -0.3 is 14.0 Å². The molecule has 8 heteroatoms. The minimum atomic E-state index is -3.51. The van der Waals surface area contributed by atoms with E-state index in [1.165, 1.54) is 16.8 Å². The average molecular weight is 420 g/mol. The molecule has 3 heterocycles. The fourth-order valence-electron chi connectivity index (χ4n) is 4.58. The average Bonchev–Trinajstić information content (AvgIpc) is 3.28. The fourth-order valence-corrected chi connectivity index (χ4v) is 5.04. The highest BCUT2D eigenvalue weighted by Crippen LogP contribution is 2.44. The van der Waals surface area contributed by atoms with Crippen molar-refractivity contribution in [2.24, 2.45) is 4.99 Å². The summed E-state index contributed by atoms with van der Waals surface area (Å²) in [5, 5.41) is 0. The number of nitrogens with zero attached hydrogens (tertiary/aromatic N) is 3. The Morgan fingerprint density at radius 1 is 1.04 bits per heavy atom. The number of rotatable bonds is 3. The predicted octanol–water partition coefficient (Wildman–Crippen LogP) is 2.84. The molecule has 3 aliphatic heterocycles. The van der Waals surface area contributed by atoms with Crippen molar-refractivity contribution in [2.75, 3.05) is 30.8 Å². The smallest absolute Gasteiger partial charge is 0.306 e. The third kappa shape index (κ3) is 3.12. The summed E-state index contributed by atoms with van der Waals surface area (Å²) >= 11 is 0. The van der Waals surface area contributed by atoms with Gasteiger partial charge in [0.1, 0.15) is 17.8 Å². The lowest BCUT2D eigenvalue weighted by molar-refractivity contribution is 0.310. The van der Waals surface area contributed by atoms with Gasteiger partial charge >= 0.3 is 10.1 Å². The maximum Gasteiger partial charge on any atom is 0.306 e. The van der Waals surface area contributed by atoms with E-state index in [-0.39, 0.29) is 18.6 Å². The minimum Gasteiger partial charge on any atom is -0.383 e. The van der Waals surface area contributed by atoms with Crippen molar-refractivity contribution in [3.05, 3.63) is 59.7 Å². The quantitative estimate of drug-likeness (QED) is 0.716. The van der Waals surface area contributed by atoms with Gasteiger partial charge in [-0.05, 0) is 36.2 Å². The highest BCUT2D eigenvalue weighted by molar-refractivity contribution is 7.86. The first-order valence-electron chi connectivity index (χ1n) is 9.18. The lowest BCUT2D eigenvalue weighted by Gasteiger charge is -2.43. The van der Waals surface area contributed by atoms with Crippen molar-refractivity contribution >= 4 is 34.0 Å². The molecule has 2 unspecified atom stereocenters. The predicted molar refractivity (Wildman–Crippen MR) is 112 cm³/mol. The maximum atomic E-state index is 11.3. The maximum absolute atomic E-state index is 11.3. The van der Waals surface area contributed by atoms with E-state index in [0.717, 1.165) is 38.1 Å². The SMILES string of the molecule is CS(=O)(=O)Oc1ccc(C2CCN3c4ccccc4C4=NCCN4C23)cc1.Cl. The Morgan fingerprint density at radius 2 is 1.79 bits per heavy atom. The highest BCUT2D eigenvalue weighted by atomic mass is 35.5. The van der Waals surface area contributed by atoms with Crippen LogP contribution in [0.4, 0.5) is 5.69 Å². The first-order chi connectivity index (χ1) is 13.0. The molecule has 0 aliphatic carbocycles. The van der Waals surface area contributed by atoms with Crippen molar-refractivity contribution in [1.29, 1.82) is 0 Å². The van der Waals surface area contributed by atoms with Gasteiger partial charge in [0.2, 0.25) is 0 Å². The van der Waals surface area contributed by atoms with E-state index in [0.29, 0.717) is 11.7 Å². The molecule has 0 radical (unpaired) electrons. The molecule has 0 saturated carbocycles. The molecule has 2 aromatic rings. The van der Waals surface area contributed by atoms with Gasteiger partial charge in [-0.25, -0.2) is 0 Å². The van der Waals surface area contributed by atoms with Crippen LogP contribution in [0.25, 0.3) is 0 Å². The molecule has 1 saturated heterocycles. The summed E-state index contributed by atoms with van der Waals surface area (Å²) in [6.07, 6.45) is 2.36. The summed E-state index contributed by atoms with van der Waals surface area (Å²) in [5.74, 6) is 1.80. The Hall–Kier alpha value is -2.25. The summed E-state index contributed by atoms with van der Waals surface area (Å²) in [5.41, 5.74) is 3.69. The molecule has 0 amide bonds.